The number of hydrogen-bond acceptors (Lipinski definition) is 4. The van der Waals surface area contributed by atoms with Crippen LogP contribution in [-0.2, 0) is 14.3 Å². The average molecular weight is 229 g/mol. The highest BCUT2D eigenvalue weighted by molar-refractivity contribution is 5.69. The lowest BCUT2D eigenvalue weighted by molar-refractivity contribution is -0.142. The van der Waals surface area contributed by atoms with Crippen LogP contribution in [0.5, 0.6) is 0 Å². The second kappa shape index (κ2) is 6.86. The smallest absolute Gasteiger partial charge is 0.307 e. The van der Waals surface area contributed by atoms with E-state index in [1.54, 1.807) is 7.11 Å². The standard InChI is InChI=1S/C12H23NO3/c1-10(9-15-2)13-7-5-4-6-11(13)8-12(14)16-3/h10-11H,4-9H2,1-3H3. The highest BCUT2D eigenvalue weighted by atomic mass is 16.5. The summed E-state index contributed by atoms with van der Waals surface area (Å²) in [6.07, 6.45) is 4.01. The third kappa shape index (κ3) is 3.76. The Kier molecular flexibility index (Phi) is 5.77. The van der Waals surface area contributed by atoms with Crippen LogP contribution in [0, 0.1) is 0 Å². The quantitative estimate of drug-likeness (QED) is 0.669. The van der Waals surface area contributed by atoms with Crippen molar-refractivity contribution in [3.63, 3.8) is 0 Å². The Morgan fingerprint density at radius 2 is 2.19 bits per heavy atom. The maximum atomic E-state index is 11.3. The molecule has 0 aromatic rings. The molecule has 0 bridgehead atoms. The van der Waals surface area contributed by atoms with Crippen LogP contribution >= 0.6 is 0 Å². The Labute approximate surface area is 97.9 Å². The van der Waals surface area contributed by atoms with E-state index in [2.05, 4.69) is 11.8 Å². The monoisotopic (exact) mass is 229 g/mol. The summed E-state index contributed by atoms with van der Waals surface area (Å²) >= 11 is 0. The van der Waals surface area contributed by atoms with Crippen LogP contribution in [0.15, 0.2) is 0 Å². The number of hydrogen-bond donors (Lipinski definition) is 0. The van der Waals surface area contributed by atoms with E-state index in [4.69, 9.17) is 9.47 Å². The highest BCUT2D eigenvalue weighted by Crippen LogP contribution is 2.22. The molecule has 94 valence electrons. The maximum Gasteiger partial charge on any atom is 0.307 e. The minimum absolute atomic E-state index is 0.110. The van der Waals surface area contributed by atoms with E-state index in [1.807, 2.05) is 0 Å². The number of piperidine rings is 1. The van der Waals surface area contributed by atoms with E-state index in [0.29, 0.717) is 18.5 Å². The van der Waals surface area contributed by atoms with Gasteiger partial charge in [0.1, 0.15) is 0 Å². The summed E-state index contributed by atoms with van der Waals surface area (Å²) in [4.78, 5) is 13.7. The topological polar surface area (TPSA) is 38.8 Å². The maximum absolute atomic E-state index is 11.3. The van der Waals surface area contributed by atoms with Crippen LogP contribution in [0.25, 0.3) is 0 Å². The zero-order valence-corrected chi connectivity index (χ0v) is 10.6. The van der Waals surface area contributed by atoms with Gasteiger partial charge < -0.3 is 9.47 Å². The molecule has 2 unspecified atom stereocenters. The fourth-order valence-corrected chi connectivity index (χ4v) is 2.43. The van der Waals surface area contributed by atoms with Crippen LogP contribution < -0.4 is 0 Å². The Morgan fingerprint density at radius 3 is 2.81 bits per heavy atom. The van der Waals surface area contributed by atoms with Gasteiger partial charge in [-0.1, -0.05) is 6.42 Å². The Hall–Kier alpha value is -0.610. The Bertz CT molecular complexity index is 220. The van der Waals surface area contributed by atoms with Crippen molar-refractivity contribution in [2.75, 3.05) is 27.4 Å². The van der Waals surface area contributed by atoms with Gasteiger partial charge in [-0.05, 0) is 26.3 Å². The Morgan fingerprint density at radius 1 is 1.44 bits per heavy atom. The van der Waals surface area contributed by atoms with Crippen LogP contribution in [0.3, 0.4) is 0 Å². The van der Waals surface area contributed by atoms with Crippen LogP contribution in [0.1, 0.15) is 32.6 Å². The van der Waals surface area contributed by atoms with Crippen molar-refractivity contribution in [1.29, 1.82) is 0 Å². The minimum Gasteiger partial charge on any atom is -0.469 e. The van der Waals surface area contributed by atoms with Crippen molar-refractivity contribution in [2.24, 2.45) is 0 Å². The summed E-state index contributed by atoms with van der Waals surface area (Å²) in [5, 5.41) is 0. The van der Waals surface area contributed by atoms with Crippen molar-refractivity contribution >= 4 is 5.97 Å². The first-order valence-electron chi connectivity index (χ1n) is 6.00. The number of carbonyl (C=O) groups excluding carboxylic acids is 1. The first-order chi connectivity index (χ1) is 7.69. The zero-order chi connectivity index (χ0) is 12.0. The van der Waals surface area contributed by atoms with Gasteiger partial charge in [0, 0.05) is 19.2 Å². The molecule has 1 saturated heterocycles. The van der Waals surface area contributed by atoms with Gasteiger partial charge in [-0.3, -0.25) is 9.69 Å². The molecule has 0 aliphatic carbocycles. The van der Waals surface area contributed by atoms with E-state index in [-0.39, 0.29) is 5.97 Å². The molecule has 1 fully saturated rings. The largest absolute Gasteiger partial charge is 0.469 e. The van der Waals surface area contributed by atoms with Gasteiger partial charge in [0.05, 0.1) is 20.1 Å². The van der Waals surface area contributed by atoms with E-state index in [9.17, 15) is 4.79 Å². The lowest BCUT2D eigenvalue weighted by Gasteiger charge is -2.39. The molecule has 16 heavy (non-hydrogen) atoms. The summed E-state index contributed by atoms with van der Waals surface area (Å²) in [6, 6.07) is 0.700. The van der Waals surface area contributed by atoms with Crippen molar-refractivity contribution < 1.29 is 14.3 Å². The molecule has 4 heteroatoms. The number of rotatable bonds is 5. The number of ether oxygens (including phenoxy) is 2. The summed E-state index contributed by atoms with van der Waals surface area (Å²) in [7, 11) is 3.17. The fourth-order valence-electron chi connectivity index (χ4n) is 2.43. The van der Waals surface area contributed by atoms with Crippen LogP contribution in [0.2, 0.25) is 0 Å². The number of likely N-dealkylation sites (tertiary alicyclic amines) is 1. The first-order valence-corrected chi connectivity index (χ1v) is 6.00. The van der Waals surface area contributed by atoms with Gasteiger partial charge in [0.2, 0.25) is 0 Å². The molecular formula is C12H23NO3. The summed E-state index contributed by atoms with van der Waals surface area (Å²) in [6.45, 7) is 3.93. The molecule has 2 atom stereocenters. The molecule has 0 radical (unpaired) electrons. The summed E-state index contributed by atoms with van der Waals surface area (Å²) in [5.41, 5.74) is 0. The number of esters is 1. The van der Waals surface area contributed by atoms with Crippen LogP contribution in [-0.4, -0.2) is 50.3 Å². The lowest BCUT2D eigenvalue weighted by atomic mass is 9.97. The van der Waals surface area contributed by atoms with E-state index in [0.717, 1.165) is 19.6 Å². The molecule has 0 saturated carbocycles. The van der Waals surface area contributed by atoms with Gasteiger partial charge in [0.15, 0.2) is 0 Å². The normalized spacial score (nSPS) is 24.1. The number of methoxy groups -OCH3 is 2. The molecule has 1 rings (SSSR count). The zero-order valence-electron chi connectivity index (χ0n) is 10.6. The first kappa shape index (κ1) is 13.5. The molecule has 1 aliphatic heterocycles. The van der Waals surface area contributed by atoms with E-state index in [1.165, 1.54) is 20.0 Å². The molecule has 1 aliphatic rings. The average Bonchev–Trinajstić information content (AvgIpc) is 2.30. The molecule has 1 heterocycles. The lowest BCUT2D eigenvalue weighted by Crippen LogP contribution is -2.47. The molecule has 4 nitrogen and oxygen atoms in total. The van der Waals surface area contributed by atoms with Crippen molar-refractivity contribution in [1.82, 2.24) is 4.90 Å². The number of carbonyl (C=O) groups is 1. The minimum atomic E-state index is -0.110. The third-order valence-corrected chi connectivity index (χ3v) is 3.28. The summed E-state index contributed by atoms with van der Waals surface area (Å²) in [5.74, 6) is -0.110. The molecular weight excluding hydrogens is 206 g/mol. The second-order valence-corrected chi connectivity index (χ2v) is 4.47. The molecule has 0 N–H and O–H groups in total. The fraction of sp³-hybridized carbons (Fsp3) is 0.917. The van der Waals surface area contributed by atoms with Gasteiger partial charge in [0.25, 0.3) is 0 Å². The molecule has 0 aromatic heterocycles. The number of nitrogens with zero attached hydrogens (tertiary/aromatic N) is 1. The molecule has 0 spiro atoms. The van der Waals surface area contributed by atoms with Crippen molar-refractivity contribution in [3.05, 3.63) is 0 Å². The Balaban J connectivity index is 2.52. The van der Waals surface area contributed by atoms with Crippen LogP contribution in [0.4, 0.5) is 0 Å². The van der Waals surface area contributed by atoms with E-state index >= 15 is 0 Å². The van der Waals surface area contributed by atoms with E-state index < -0.39 is 0 Å². The van der Waals surface area contributed by atoms with Gasteiger partial charge in [-0.15, -0.1) is 0 Å². The molecule has 0 amide bonds. The van der Waals surface area contributed by atoms with Gasteiger partial charge in [-0.25, -0.2) is 0 Å². The SMILES string of the molecule is COCC(C)N1CCCCC1CC(=O)OC. The van der Waals surface area contributed by atoms with Gasteiger partial charge in [-0.2, -0.15) is 0 Å². The predicted molar refractivity (Wildman–Crippen MR) is 62.3 cm³/mol. The highest BCUT2D eigenvalue weighted by Gasteiger charge is 2.28. The van der Waals surface area contributed by atoms with Crippen molar-refractivity contribution in [3.8, 4) is 0 Å². The molecule has 0 aromatic carbocycles. The van der Waals surface area contributed by atoms with Gasteiger partial charge >= 0.3 is 5.97 Å². The second-order valence-electron chi connectivity index (χ2n) is 4.47. The summed E-state index contributed by atoms with van der Waals surface area (Å²) < 4.78 is 9.92. The predicted octanol–water partition coefficient (Wildman–Crippen LogP) is 1.44. The van der Waals surface area contributed by atoms with Crippen molar-refractivity contribution in [2.45, 2.75) is 44.7 Å². The third-order valence-electron chi connectivity index (χ3n) is 3.28.